The Bertz CT molecular complexity index is 364. The summed E-state index contributed by atoms with van der Waals surface area (Å²) in [5.74, 6) is 0. The zero-order valence-corrected chi connectivity index (χ0v) is 11.4. The summed E-state index contributed by atoms with van der Waals surface area (Å²) < 4.78 is 5.52. The average Bonchev–Trinajstić information content (AvgIpc) is 2.70. The third kappa shape index (κ3) is 3.25. The molecular formula is C12H21N3OS. The topological polar surface area (TPSA) is 51.4 Å². The molecule has 2 heterocycles. The number of nitrogens with zero attached hydrogens (tertiary/aromatic N) is 2. The van der Waals surface area contributed by atoms with E-state index in [1.165, 1.54) is 0 Å². The second-order valence-corrected chi connectivity index (χ2v) is 6.00. The van der Waals surface area contributed by atoms with Crippen molar-refractivity contribution in [1.82, 2.24) is 9.88 Å². The van der Waals surface area contributed by atoms with Crippen molar-refractivity contribution in [3.63, 3.8) is 0 Å². The Hall–Kier alpha value is -0.490. The summed E-state index contributed by atoms with van der Waals surface area (Å²) in [5.41, 5.74) is 6.80. The Labute approximate surface area is 107 Å². The highest BCUT2D eigenvalue weighted by atomic mass is 32.1. The molecule has 0 spiro atoms. The van der Waals surface area contributed by atoms with Crippen molar-refractivity contribution in [1.29, 1.82) is 0 Å². The van der Waals surface area contributed by atoms with Gasteiger partial charge in [0.05, 0.1) is 23.9 Å². The maximum Gasteiger partial charge on any atom is 0.0941 e. The Kier molecular flexibility index (Phi) is 4.14. The molecule has 0 radical (unpaired) electrons. The lowest BCUT2D eigenvalue weighted by molar-refractivity contribution is -0.0557. The zero-order chi connectivity index (χ0) is 12.3. The standard InChI is InChI=1S/C12H21N3OS/c1-12(2)9-16-6-5-15(12)7-10-8-17-11(14-10)3-4-13/h8H,3-7,9,13H2,1-2H3. The van der Waals surface area contributed by atoms with Gasteiger partial charge in [-0.15, -0.1) is 11.3 Å². The normalized spacial score (nSPS) is 20.6. The Morgan fingerprint density at radius 1 is 1.59 bits per heavy atom. The van der Waals surface area contributed by atoms with Gasteiger partial charge in [0.1, 0.15) is 0 Å². The molecule has 2 N–H and O–H groups in total. The van der Waals surface area contributed by atoms with E-state index >= 15 is 0 Å². The first-order chi connectivity index (χ1) is 8.12. The minimum Gasteiger partial charge on any atom is -0.378 e. The Morgan fingerprint density at radius 3 is 3.12 bits per heavy atom. The van der Waals surface area contributed by atoms with Crippen LogP contribution in [0.25, 0.3) is 0 Å². The summed E-state index contributed by atoms with van der Waals surface area (Å²) >= 11 is 1.71. The van der Waals surface area contributed by atoms with Crippen molar-refractivity contribution in [2.75, 3.05) is 26.3 Å². The van der Waals surface area contributed by atoms with Gasteiger partial charge in [-0.05, 0) is 20.4 Å². The number of hydrogen-bond acceptors (Lipinski definition) is 5. The number of morpholine rings is 1. The van der Waals surface area contributed by atoms with E-state index in [4.69, 9.17) is 10.5 Å². The molecule has 1 aromatic rings. The molecule has 0 atom stereocenters. The van der Waals surface area contributed by atoms with Gasteiger partial charge in [-0.25, -0.2) is 4.98 Å². The first-order valence-corrected chi connectivity index (χ1v) is 6.96. The van der Waals surface area contributed by atoms with Crippen molar-refractivity contribution in [3.8, 4) is 0 Å². The molecule has 1 aliphatic heterocycles. The molecule has 17 heavy (non-hydrogen) atoms. The molecule has 2 rings (SSSR count). The summed E-state index contributed by atoms with van der Waals surface area (Å²) in [4.78, 5) is 7.06. The summed E-state index contributed by atoms with van der Waals surface area (Å²) in [6.45, 7) is 8.64. The van der Waals surface area contributed by atoms with Gasteiger partial charge in [-0.1, -0.05) is 0 Å². The molecule has 0 unspecified atom stereocenters. The molecular weight excluding hydrogens is 234 g/mol. The number of rotatable bonds is 4. The minimum atomic E-state index is 0.107. The molecule has 1 fully saturated rings. The Morgan fingerprint density at radius 2 is 2.41 bits per heavy atom. The van der Waals surface area contributed by atoms with Crippen LogP contribution in [-0.2, 0) is 17.7 Å². The molecule has 1 aliphatic rings. The maximum atomic E-state index is 5.54. The number of hydrogen-bond donors (Lipinski definition) is 1. The fourth-order valence-corrected chi connectivity index (χ4v) is 2.84. The molecule has 1 aromatic heterocycles. The van der Waals surface area contributed by atoms with Crippen molar-refractivity contribution < 1.29 is 4.74 Å². The average molecular weight is 255 g/mol. The second kappa shape index (κ2) is 5.44. The summed E-state index contributed by atoms with van der Waals surface area (Å²) in [6.07, 6.45) is 0.886. The van der Waals surface area contributed by atoms with E-state index in [2.05, 4.69) is 29.1 Å². The quantitative estimate of drug-likeness (QED) is 0.880. The van der Waals surface area contributed by atoms with E-state index in [0.29, 0.717) is 6.54 Å². The van der Waals surface area contributed by atoms with Crippen LogP contribution in [0.2, 0.25) is 0 Å². The lowest BCUT2D eigenvalue weighted by Gasteiger charge is -2.41. The van der Waals surface area contributed by atoms with Gasteiger partial charge in [0.2, 0.25) is 0 Å². The zero-order valence-electron chi connectivity index (χ0n) is 10.6. The maximum absolute atomic E-state index is 5.54. The van der Waals surface area contributed by atoms with Crippen LogP contribution in [0.5, 0.6) is 0 Å². The molecule has 0 amide bonds. The molecule has 4 nitrogen and oxygen atoms in total. The highest BCUT2D eigenvalue weighted by Crippen LogP contribution is 2.22. The van der Waals surface area contributed by atoms with Gasteiger partial charge in [-0.3, -0.25) is 4.90 Å². The predicted octanol–water partition coefficient (Wildman–Crippen LogP) is 1.26. The third-order valence-corrected chi connectivity index (χ3v) is 4.08. The van der Waals surface area contributed by atoms with Crippen LogP contribution in [0, 0.1) is 0 Å². The SMILES string of the molecule is CC1(C)COCCN1Cc1csc(CCN)n1. The van der Waals surface area contributed by atoms with E-state index in [9.17, 15) is 0 Å². The number of nitrogens with two attached hydrogens (primary N) is 1. The van der Waals surface area contributed by atoms with Gasteiger partial charge in [0.25, 0.3) is 0 Å². The van der Waals surface area contributed by atoms with E-state index in [1.807, 2.05) is 0 Å². The van der Waals surface area contributed by atoms with E-state index in [0.717, 1.165) is 43.4 Å². The fraction of sp³-hybridized carbons (Fsp3) is 0.750. The second-order valence-electron chi connectivity index (χ2n) is 5.06. The number of ether oxygens (including phenoxy) is 1. The van der Waals surface area contributed by atoms with E-state index < -0.39 is 0 Å². The van der Waals surface area contributed by atoms with Crippen molar-refractivity contribution >= 4 is 11.3 Å². The predicted molar refractivity (Wildman–Crippen MR) is 70.2 cm³/mol. The molecule has 0 bridgehead atoms. The van der Waals surface area contributed by atoms with Crippen LogP contribution < -0.4 is 5.73 Å². The van der Waals surface area contributed by atoms with Crippen LogP contribution in [0.4, 0.5) is 0 Å². The molecule has 96 valence electrons. The fourth-order valence-electron chi connectivity index (χ4n) is 2.04. The largest absolute Gasteiger partial charge is 0.378 e. The van der Waals surface area contributed by atoms with Crippen LogP contribution in [-0.4, -0.2) is 41.7 Å². The van der Waals surface area contributed by atoms with Gasteiger partial charge < -0.3 is 10.5 Å². The summed E-state index contributed by atoms with van der Waals surface area (Å²) in [5, 5.41) is 3.30. The van der Waals surface area contributed by atoms with Crippen molar-refractivity contribution in [2.45, 2.75) is 32.4 Å². The molecule has 0 aliphatic carbocycles. The van der Waals surface area contributed by atoms with Crippen LogP contribution in [0.15, 0.2) is 5.38 Å². The van der Waals surface area contributed by atoms with Crippen molar-refractivity contribution in [3.05, 3.63) is 16.1 Å². The highest BCUT2D eigenvalue weighted by molar-refractivity contribution is 7.09. The molecule has 1 saturated heterocycles. The van der Waals surface area contributed by atoms with Gasteiger partial charge in [-0.2, -0.15) is 0 Å². The van der Waals surface area contributed by atoms with Crippen LogP contribution >= 0.6 is 11.3 Å². The first kappa shape index (κ1) is 13.0. The lowest BCUT2D eigenvalue weighted by atomic mass is 10.0. The smallest absolute Gasteiger partial charge is 0.0941 e. The molecule has 0 saturated carbocycles. The number of thiazole rings is 1. The van der Waals surface area contributed by atoms with Crippen LogP contribution in [0.1, 0.15) is 24.5 Å². The first-order valence-electron chi connectivity index (χ1n) is 6.08. The third-order valence-electron chi connectivity index (χ3n) is 3.13. The number of aromatic nitrogens is 1. The molecule has 0 aromatic carbocycles. The van der Waals surface area contributed by atoms with Crippen LogP contribution in [0.3, 0.4) is 0 Å². The summed E-state index contributed by atoms with van der Waals surface area (Å²) in [7, 11) is 0. The van der Waals surface area contributed by atoms with E-state index in [-0.39, 0.29) is 5.54 Å². The Balaban J connectivity index is 1.98. The molecule has 5 heteroatoms. The van der Waals surface area contributed by atoms with Gasteiger partial charge in [0.15, 0.2) is 0 Å². The van der Waals surface area contributed by atoms with Crippen molar-refractivity contribution in [2.24, 2.45) is 5.73 Å². The van der Waals surface area contributed by atoms with Gasteiger partial charge >= 0.3 is 0 Å². The lowest BCUT2D eigenvalue weighted by Crippen LogP contribution is -2.52. The van der Waals surface area contributed by atoms with Gasteiger partial charge in [0, 0.05) is 30.4 Å². The summed E-state index contributed by atoms with van der Waals surface area (Å²) in [6, 6.07) is 0. The minimum absolute atomic E-state index is 0.107. The van der Waals surface area contributed by atoms with E-state index in [1.54, 1.807) is 11.3 Å². The monoisotopic (exact) mass is 255 g/mol. The highest BCUT2D eigenvalue weighted by Gasteiger charge is 2.30.